The molecule has 1 aliphatic rings. The molecule has 0 saturated carbocycles. The summed E-state index contributed by atoms with van der Waals surface area (Å²) in [5, 5.41) is 1.01. The van der Waals surface area contributed by atoms with E-state index in [2.05, 4.69) is 14.9 Å². The third kappa shape index (κ3) is 2.47. The van der Waals surface area contributed by atoms with Crippen LogP contribution in [0.2, 0.25) is 0 Å². The summed E-state index contributed by atoms with van der Waals surface area (Å²) in [6.45, 7) is 7.15. The first-order valence-electron chi connectivity index (χ1n) is 6.90. The Balaban J connectivity index is 1.70. The number of nitrogens with zero attached hydrogens (tertiary/aromatic N) is 4. The lowest BCUT2D eigenvalue weighted by molar-refractivity contribution is -0.134. The Morgan fingerprint density at radius 1 is 1.30 bits per heavy atom. The zero-order chi connectivity index (χ0) is 14.1. The standard InChI is InChI=1S/C14H18N4OS/c1-10(2)13(19)17-6-8-18(9-7-17)14-16-11-4-3-5-15-12(11)20-14/h3-5,10H,6-9H2,1-2H3. The van der Waals surface area contributed by atoms with Gasteiger partial charge in [-0.2, -0.15) is 0 Å². The van der Waals surface area contributed by atoms with Crippen molar-refractivity contribution in [3.05, 3.63) is 18.3 Å². The van der Waals surface area contributed by atoms with E-state index in [1.807, 2.05) is 30.9 Å². The van der Waals surface area contributed by atoms with Crippen LogP contribution in [-0.2, 0) is 4.79 Å². The topological polar surface area (TPSA) is 49.3 Å². The zero-order valence-electron chi connectivity index (χ0n) is 11.7. The fourth-order valence-corrected chi connectivity index (χ4v) is 3.34. The van der Waals surface area contributed by atoms with Crippen LogP contribution in [0.5, 0.6) is 0 Å². The number of fused-ring (bicyclic) bond motifs is 1. The summed E-state index contributed by atoms with van der Waals surface area (Å²) >= 11 is 1.62. The first-order valence-corrected chi connectivity index (χ1v) is 7.72. The van der Waals surface area contributed by atoms with Crippen molar-refractivity contribution in [1.82, 2.24) is 14.9 Å². The zero-order valence-corrected chi connectivity index (χ0v) is 12.6. The van der Waals surface area contributed by atoms with Crippen molar-refractivity contribution in [2.75, 3.05) is 31.1 Å². The van der Waals surface area contributed by atoms with Gasteiger partial charge < -0.3 is 9.80 Å². The average Bonchev–Trinajstić information content (AvgIpc) is 2.90. The van der Waals surface area contributed by atoms with E-state index in [0.29, 0.717) is 0 Å². The van der Waals surface area contributed by atoms with Gasteiger partial charge in [-0.25, -0.2) is 9.97 Å². The second kappa shape index (κ2) is 5.36. The largest absolute Gasteiger partial charge is 0.344 e. The summed E-state index contributed by atoms with van der Waals surface area (Å²) in [7, 11) is 0. The van der Waals surface area contributed by atoms with Crippen molar-refractivity contribution in [2.24, 2.45) is 5.92 Å². The Hall–Kier alpha value is -1.69. The van der Waals surface area contributed by atoms with Crippen molar-refractivity contribution in [3.8, 4) is 0 Å². The minimum absolute atomic E-state index is 0.0770. The molecule has 0 aromatic carbocycles. The Kier molecular flexibility index (Phi) is 3.56. The molecule has 5 nitrogen and oxygen atoms in total. The smallest absolute Gasteiger partial charge is 0.225 e. The van der Waals surface area contributed by atoms with Gasteiger partial charge in [-0.3, -0.25) is 4.79 Å². The number of carbonyl (C=O) groups excluding carboxylic acids is 1. The van der Waals surface area contributed by atoms with Crippen molar-refractivity contribution in [3.63, 3.8) is 0 Å². The van der Waals surface area contributed by atoms with E-state index in [9.17, 15) is 4.79 Å². The second-order valence-electron chi connectivity index (χ2n) is 5.29. The lowest BCUT2D eigenvalue weighted by Crippen LogP contribution is -2.49. The van der Waals surface area contributed by atoms with Crippen LogP contribution in [0.1, 0.15) is 13.8 Å². The van der Waals surface area contributed by atoms with Crippen LogP contribution in [0.25, 0.3) is 10.3 Å². The maximum atomic E-state index is 12.0. The Labute approximate surface area is 122 Å². The van der Waals surface area contributed by atoms with Gasteiger partial charge in [0.15, 0.2) is 5.13 Å². The predicted octanol–water partition coefficient (Wildman–Crippen LogP) is 2.00. The number of carbonyl (C=O) groups is 1. The molecule has 6 heteroatoms. The molecule has 1 fully saturated rings. The minimum atomic E-state index is 0.0770. The molecule has 0 spiro atoms. The molecule has 3 heterocycles. The summed E-state index contributed by atoms with van der Waals surface area (Å²) in [4.78, 5) is 26.1. The number of piperazine rings is 1. The maximum absolute atomic E-state index is 12.0. The molecule has 0 aliphatic carbocycles. The summed E-state index contributed by atoms with van der Waals surface area (Å²) in [5.74, 6) is 0.323. The van der Waals surface area contributed by atoms with Gasteiger partial charge in [0.25, 0.3) is 0 Å². The van der Waals surface area contributed by atoms with Gasteiger partial charge in [0.05, 0.1) is 0 Å². The normalized spacial score (nSPS) is 16.1. The molecule has 0 bridgehead atoms. The molecular formula is C14H18N4OS. The van der Waals surface area contributed by atoms with Crippen molar-refractivity contribution < 1.29 is 4.79 Å². The highest BCUT2D eigenvalue weighted by molar-refractivity contribution is 7.21. The first-order chi connectivity index (χ1) is 9.65. The van der Waals surface area contributed by atoms with Crippen molar-refractivity contribution in [2.45, 2.75) is 13.8 Å². The van der Waals surface area contributed by atoms with Gasteiger partial charge in [-0.15, -0.1) is 0 Å². The highest BCUT2D eigenvalue weighted by atomic mass is 32.1. The molecule has 106 valence electrons. The minimum Gasteiger partial charge on any atom is -0.344 e. The molecular weight excluding hydrogens is 272 g/mol. The van der Waals surface area contributed by atoms with E-state index >= 15 is 0 Å². The van der Waals surface area contributed by atoms with Gasteiger partial charge in [-0.05, 0) is 12.1 Å². The molecule has 1 aliphatic heterocycles. The van der Waals surface area contributed by atoms with Gasteiger partial charge in [-0.1, -0.05) is 25.2 Å². The van der Waals surface area contributed by atoms with E-state index in [1.54, 1.807) is 17.5 Å². The van der Waals surface area contributed by atoms with Gasteiger partial charge in [0.1, 0.15) is 10.3 Å². The summed E-state index contributed by atoms with van der Waals surface area (Å²) in [6, 6.07) is 3.89. The number of hydrogen-bond acceptors (Lipinski definition) is 5. The number of pyridine rings is 1. The SMILES string of the molecule is CC(C)C(=O)N1CCN(c2nc3cccnc3s2)CC1. The van der Waals surface area contributed by atoms with E-state index in [-0.39, 0.29) is 11.8 Å². The molecule has 3 rings (SSSR count). The van der Waals surface area contributed by atoms with Gasteiger partial charge >= 0.3 is 0 Å². The molecule has 0 radical (unpaired) electrons. The van der Waals surface area contributed by atoms with Crippen LogP contribution in [0, 0.1) is 5.92 Å². The molecule has 1 amide bonds. The molecule has 2 aromatic heterocycles. The highest BCUT2D eigenvalue weighted by Gasteiger charge is 2.24. The number of thiazole rings is 1. The fourth-order valence-electron chi connectivity index (χ4n) is 2.38. The van der Waals surface area contributed by atoms with E-state index in [1.165, 1.54) is 0 Å². The molecule has 20 heavy (non-hydrogen) atoms. The molecule has 1 saturated heterocycles. The van der Waals surface area contributed by atoms with Crippen LogP contribution in [0.3, 0.4) is 0 Å². The molecule has 0 atom stereocenters. The number of rotatable bonds is 2. The molecule has 0 N–H and O–H groups in total. The summed E-state index contributed by atoms with van der Waals surface area (Å²) < 4.78 is 0. The summed E-state index contributed by atoms with van der Waals surface area (Å²) in [5.41, 5.74) is 0.952. The maximum Gasteiger partial charge on any atom is 0.225 e. The van der Waals surface area contributed by atoms with E-state index < -0.39 is 0 Å². The number of hydrogen-bond donors (Lipinski definition) is 0. The van der Waals surface area contributed by atoms with Crippen molar-refractivity contribution >= 4 is 32.7 Å². The second-order valence-corrected chi connectivity index (χ2v) is 6.25. The number of anilines is 1. The average molecular weight is 290 g/mol. The molecule has 2 aromatic rings. The van der Waals surface area contributed by atoms with Crippen LogP contribution >= 0.6 is 11.3 Å². The summed E-state index contributed by atoms with van der Waals surface area (Å²) in [6.07, 6.45) is 1.80. The van der Waals surface area contributed by atoms with Crippen molar-refractivity contribution in [1.29, 1.82) is 0 Å². The highest BCUT2D eigenvalue weighted by Crippen LogP contribution is 2.27. The fraction of sp³-hybridized carbons (Fsp3) is 0.500. The lowest BCUT2D eigenvalue weighted by Gasteiger charge is -2.35. The van der Waals surface area contributed by atoms with E-state index in [0.717, 1.165) is 41.7 Å². The van der Waals surface area contributed by atoms with Crippen LogP contribution in [0.15, 0.2) is 18.3 Å². The van der Waals surface area contributed by atoms with Crippen LogP contribution in [-0.4, -0.2) is 47.0 Å². The Bertz CT molecular complexity index is 583. The Morgan fingerprint density at radius 2 is 2.05 bits per heavy atom. The van der Waals surface area contributed by atoms with Crippen LogP contribution < -0.4 is 4.90 Å². The molecule has 0 unspecified atom stereocenters. The third-order valence-electron chi connectivity index (χ3n) is 3.51. The third-order valence-corrected chi connectivity index (χ3v) is 4.55. The monoisotopic (exact) mass is 290 g/mol. The Morgan fingerprint density at radius 3 is 2.70 bits per heavy atom. The van der Waals surface area contributed by atoms with Gasteiger partial charge in [0.2, 0.25) is 5.91 Å². The lowest BCUT2D eigenvalue weighted by atomic mass is 10.2. The number of amides is 1. The van der Waals surface area contributed by atoms with Gasteiger partial charge in [0, 0.05) is 38.3 Å². The predicted molar refractivity (Wildman–Crippen MR) is 81.0 cm³/mol. The number of aromatic nitrogens is 2. The van der Waals surface area contributed by atoms with Crippen LogP contribution in [0.4, 0.5) is 5.13 Å². The first kappa shape index (κ1) is 13.3. The van der Waals surface area contributed by atoms with E-state index in [4.69, 9.17) is 0 Å². The quantitative estimate of drug-likeness (QED) is 0.849.